The van der Waals surface area contributed by atoms with Crippen LogP contribution in [0.5, 0.6) is 0 Å². The summed E-state index contributed by atoms with van der Waals surface area (Å²) in [6.45, 7) is 3.53. The fraction of sp³-hybridized carbons (Fsp3) is 0.167. The molecule has 0 saturated carbocycles. The number of amides is 1. The Morgan fingerprint density at radius 2 is 1.55 bits per heavy atom. The van der Waals surface area contributed by atoms with E-state index in [1.807, 2.05) is 18.2 Å². The summed E-state index contributed by atoms with van der Waals surface area (Å²) in [6, 6.07) is 17.5. The average Bonchev–Trinajstić information content (AvgIpc) is 3.03. The Kier molecular flexibility index (Phi) is 5.37. The Bertz CT molecular complexity index is 1310. The molecule has 0 fully saturated rings. The molecule has 7 heteroatoms. The Hall–Kier alpha value is -3.45. The van der Waals surface area contributed by atoms with Crippen LogP contribution in [0, 0.1) is 6.92 Å². The number of anilines is 2. The van der Waals surface area contributed by atoms with Gasteiger partial charge in [-0.05, 0) is 54.3 Å². The molecule has 0 bridgehead atoms. The minimum Gasteiger partial charge on any atom is -0.322 e. The van der Waals surface area contributed by atoms with Crippen molar-refractivity contribution in [2.24, 2.45) is 0 Å². The number of sulfonamides is 1. The summed E-state index contributed by atoms with van der Waals surface area (Å²) in [4.78, 5) is 25.6. The maximum absolute atomic E-state index is 12.9. The van der Waals surface area contributed by atoms with E-state index in [1.54, 1.807) is 56.3 Å². The average molecular weight is 435 g/mol. The number of benzene rings is 3. The standard InChI is InChI=1S/C24H22N2O4S/c1-3-13-31(29,30)26-22-10-6-9-21(15(22)2)25-24(28)16-11-12-18-17-7-4-5-8-19(17)23(27)20(18)14-16/h4-12,14,26H,3,13H2,1-2H3,(H,25,28). The first kappa shape index (κ1) is 20.8. The molecular weight excluding hydrogens is 412 g/mol. The molecule has 31 heavy (non-hydrogen) atoms. The predicted molar refractivity (Wildman–Crippen MR) is 122 cm³/mol. The van der Waals surface area contributed by atoms with Crippen LogP contribution in [-0.2, 0) is 10.0 Å². The maximum Gasteiger partial charge on any atom is 0.255 e. The molecule has 0 heterocycles. The third kappa shape index (κ3) is 3.96. The van der Waals surface area contributed by atoms with Gasteiger partial charge in [0.1, 0.15) is 0 Å². The lowest BCUT2D eigenvalue weighted by Gasteiger charge is -2.14. The van der Waals surface area contributed by atoms with Gasteiger partial charge in [-0.2, -0.15) is 0 Å². The summed E-state index contributed by atoms with van der Waals surface area (Å²) < 4.78 is 26.8. The van der Waals surface area contributed by atoms with Crippen LogP contribution >= 0.6 is 0 Å². The van der Waals surface area contributed by atoms with Crippen molar-refractivity contribution < 1.29 is 18.0 Å². The molecule has 0 aliphatic heterocycles. The van der Waals surface area contributed by atoms with E-state index < -0.39 is 10.0 Å². The Morgan fingerprint density at radius 3 is 2.29 bits per heavy atom. The second-order valence-corrected chi connectivity index (χ2v) is 9.33. The quantitative estimate of drug-likeness (QED) is 0.463. The van der Waals surface area contributed by atoms with Crippen molar-refractivity contribution in [3.05, 3.63) is 82.9 Å². The molecule has 0 spiro atoms. The van der Waals surface area contributed by atoms with Crippen LogP contribution in [-0.4, -0.2) is 25.9 Å². The van der Waals surface area contributed by atoms with Gasteiger partial charge in [0.2, 0.25) is 10.0 Å². The van der Waals surface area contributed by atoms with Crippen molar-refractivity contribution in [3.63, 3.8) is 0 Å². The van der Waals surface area contributed by atoms with E-state index in [1.165, 1.54) is 0 Å². The molecule has 4 rings (SSSR count). The van der Waals surface area contributed by atoms with Gasteiger partial charge in [-0.25, -0.2) is 8.42 Å². The highest BCUT2D eigenvalue weighted by molar-refractivity contribution is 7.92. The summed E-state index contributed by atoms with van der Waals surface area (Å²) in [7, 11) is -3.44. The van der Waals surface area contributed by atoms with Crippen LogP contribution in [0.4, 0.5) is 11.4 Å². The van der Waals surface area contributed by atoms with E-state index >= 15 is 0 Å². The molecule has 0 radical (unpaired) electrons. The molecule has 2 N–H and O–H groups in total. The lowest BCUT2D eigenvalue weighted by atomic mass is 10.0. The van der Waals surface area contributed by atoms with Crippen molar-refractivity contribution in [3.8, 4) is 11.1 Å². The Labute approximate surface area is 181 Å². The number of nitrogens with one attached hydrogen (secondary N) is 2. The van der Waals surface area contributed by atoms with Crippen molar-refractivity contribution in [1.82, 2.24) is 0 Å². The van der Waals surface area contributed by atoms with Gasteiger partial charge in [0.05, 0.1) is 11.4 Å². The summed E-state index contributed by atoms with van der Waals surface area (Å²) in [5, 5.41) is 2.83. The molecule has 0 unspecified atom stereocenters. The Balaban J connectivity index is 1.59. The lowest BCUT2D eigenvalue weighted by Crippen LogP contribution is -2.18. The van der Waals surface area contributed by atoms with Gasteiger partial charge in [0, 0.05) is 22.4 Å². The van der Waals surface area contributed by atoms with Crippen LogP contribution in [0.2, 0.25) is 0 Å². The van der Waals surface area contributed by atoms with Crippen molar-refractivity contribution in [2.75, 3.05) is 15.8 Å². The number of hydrogen-bond donors (Lipinski definition) is 2. The fourth-order valence-electron chi connectivity index (χ4n) is 3.73. The van der Waals surface area contributed by atoms with Crippen LogP contribution in [0.1, 0.15) is 45.2 Å². The molecule has 1 amide bonds. The highest BCUT2D eigenvalue weighted by Gasteiger charge is 2.27. The molecule has 1 aliphatic rings. The fourth-order valence-corrected chi connectivity index (χ4v) is 4.93. The maximum atomic E-state index is 12.9. The number of ketones is 1. The molecular formula is C24H22N2O4S. The van der Waals surface area contributed by atoms with Crippen LogP contribution in [0.3, 0.4) is 0 Å². The molecule has 6 nitrogen and oxygen atoms in total. The number of fused-ring (bicyclic) bond motifs is 3. The first-order valence-corrected chi connectivity index (χ1v) is 11.7. The molecule has 158 valence electrons. The summed E-state index contributed by atoms with van der Waals surface area (Å²) in [5.41, 5.74) is 4.72. The van der Waals surface area contributed by atoms with Crippen molar-refractivity contribution >= 4 is 33.1 Å². The third-order valence-corrected chi connectivity index (χ3v) is 6.79. The zero-order valence-corrected chi connectivity index (χ0v) is 18.0. The van der Waals surface area contributed by atoms with E-state index in [2.05, 4.69) is 10.0 Å². The number of hydrogen-bond acceptors (Lipinski definition) is 4. The molecule has 1 aliphatic carbocycles. The van der Waals surface area contributed by atoms with E-state index in [4.69, 9.17) is 0 Å². The largest absolute Gasteiger partial charge is 0.322 e. The highest BCUT2D eigenvalue weighted by Crippen LogP contribution is 2.37. The van der Waals surface area contributed by atoms with E-state index in [0.29, 0.717) is 40.0 Å². The highest BCUT2D eigenvalue weighted by atomic mass is 32.2. The lowest BCUT2D eigenvalue weighted by molar-refractivity contribution is 0.102. The topological polar surface area (TPSA) is 92.3 Å². The van der Waals surface area contributed by atoms with E-state index in [-0.39, 0.29) is 17.4 Å². The Morgan fingerprint density at radius 1 is 0.871 bits per heavy atom. The van der Waals surface area contributed by atoms with Gasteiger partial charge >= 0.3 is 0 Å². The van der Waals surface area contributed by atoms with Gasteiger partial charge in [-0.1, -0.05) is 43.3 Å². The first-order valence-electron chi connectivity index (χ1n) is 10.0. The summed E-state index contributed by atoms with van der Waals surface area (Å²) in [6.07, 6.45) is 0.506. The van der Waals surface area contributed by atoms with Gasteiger partial charge in [0.25, 0.3) is 5.91 Å². The van der Waals surface area contributed by atoms with E-state index in [9.17, 15) is 18.0 Å². The zero-order valence-electron chi connectivity index (χ0n) is 17.2. The molecule has 0 atom stereocenters. The minimum atomic E-state index is -3.44. The number of carbonyl (C=O) groups excluding carboxylic acids is 2. The van der Waals surface area contributed by atoms with Crippen LogP contribution in [0.15, 0.2) is 60.7 Å². The molecule has 3 aromatic rings. The zero-order chi connectivity index (χ0) is 22.2. The van der Waals surface area contributed by atoms with E-state index in [0.717, 1.165) is 11.1 Å². The second-order valence-electron chi connectivity index (χ2n) is 7.49. The molecule has 0 aromatic heterocycles. The molecule has 3 aromatic carbocycles. The number of rotatable bonds is 6. The monoisotopic (exact) mass is 434 g/mol. The number of carbonyl (C=O) groups is 2. The van der Waals surface area contributed by atoms with Gasteiger partial charge in [-0.3, -0.25) is 14.3 Å². The van der Waals surface area contributed by atoms with Gasteiger partial charge in [0.15, 0.2) is 5.78 Å². The van der Waals surface area contributed by atoms with Crippen LogP contribution in [0.25, 0.3) is 11.1 Å². The third-order valence-electron chi connectivity index (χ3n) is 5.31. The van der Waals surface area contributed by atoms with Crippen molar-refractivity contribution in [1.29, 1.82) is 0 Å². The van der Waals surface area contributed by atoms with Crippen molar-refractivity contribution in [2.45, 2.75) is 20.3 Å². The molecule has 0 saturated heterocycles. The van der Waals surface area contributed by atoms with Gasteiger partial charge in [-0.15, -0.1) is 0 Å². The predicted octanol–water partition coefficient (Wildman–Crippen LogP) is 4.61. The summed E-state index contributed by atoms with van der Waals surface area (Å²) >= 11 is 0. The summed E-state index contributed by atoms with van der Waals surface area (Å²) in [5.74, 6) is -0.443. The van der Waals surface area contributed by atoms with Crippen LogP contribution < -0.4 is 10.0 Å². The van der Waals surface area contributed by atoms with Gasteiger partial charge < -0.3 is 5.32 Å². The SMILES string of the molecule is CCCS(=O)(=O)Nc1cccc(NC(=O)c2ccc3c(c2)C(=O)c2ccccc2-3)c1C. The second kappa shape index (κ2) is 8.00. The first-order chi connectivity index (χ1) is 14.8. The smallest absolute Gasteiger partial charge is 0.255 e. The minimum absolute atomic E-state index is 0.0224. The normalized spacial score (nSPS) is 12.3.